The van der Waals surface area contributed by atoms with Gasteiger partial charge in [-0.1, -0.05) is 93.1 Å². The van der Waals surface area contributed by atoms with Crippen LogP contribution in [0.2, 0.25) is 5.04 Å². The van der Waals surface area contributed by atoms with Crippen LogP contribution in [0.3, 0.4) is 0 Å². The number of benzene rings is 2. The summed E-state index contributed by atoms with van der Waals surface area (Å²) >= 11 is 0. The highest BCUT2D eigenvalue weighted by atomic mass is 28.4. The third-order valence-corrected chi connectivity index (χ3v) is 10.4. The minimum atomic E-state index is -2.43. The normalized spacial score (nSPS) is 12.8. The lowest BCUT2D eigenvalue weighted by molar-refractivity contribution is -0.107. The van der Waals surface area contributed by atoms with E-state index in [1.165, 1.54) is 15.9 Å². The molecule has 0 N–H and O–H groups in total. The number of allylic oxidation sites excluding steroid dienone is 2. The van der Waals surface area contributed by atoms with Crippen LogP contribution >= 0.6 is 0 Å². The summed E-state index contributed by atoms with van der Waals surface area (Å²) in [5.41, 5.74) is 1.35. The third kappa shape index (κ3) is 5.30. The van der Waals surface area contributed by atoms with E-state index in [0.29, 0.717) is 6.42 Å². The summed E-state index contributed by atoms with van der Waals surface area (Å²) in [5.74, 6) is 0. The van der Waals surface area contributed by atoms with E-state index in [4.69, 9.17) is 4.43 Å². The molecule has 2 aromatic rings. The second kappa shape index (κ2) is 10.5. The quantitative estimate of drug-likeness (QED) is 0.237. The predicted octanol–water partition coefficient (Wildman–Crippen LogP) is 5.27. The molecule has 0 fully saturated rings. The summed E-state index contributed by atoms with van der Waals surface area (Å²) in [5, 5.41) is 2.65. The molecule has 0 atom stereocenters. The number of aldehydes is 1. The molecule has 150 valence electrons. The SMILES string of the molecule is C/C=C(/CCC=O)CCCO[Si](c1ccccc1)(c1ccccc1)C(C)(C)C. The zero-order chi connectivity index (χ0) is 20.5. The summed E-state index contributed by atoms with van der Waals surface area (Å²) in [7, 11) is -2.43. The van der Waals surface area contributed by atoms with Crippen LogP contribution in [-0.2, 0) is 9.22 Å². The summed E-state index contributed by atoms with van der Waals surface area (Å²) in [6.07, 6.45) is 6.58. The van der Waals surface area contributed by atoms with Crippen molar-refractivity contribution >= 4 is 25.0 Å². The van der Waals surface area contributed by atoms with Gasteiger partial charge in [-0.25, -0.2) is 0 Å². The lowest BCUT2D eigenvalue weighted by Crippen LogP contribution is -2.66. The van der Waals surface area contributed by atoms with E-state index >= 15 is 0 Å². The van der Waals surface area contributed by atoms with Crippen LogP contribution in [0.1, 0.15) is 53.4 Å². The first-order chi connectivity index (χ1) is 13.5. The van der Waals surface area contributed by atoms with Crippen molar-refractivity contribution in [2.24, 2.45) is 0 Å². The molecule has 0 spiro atoms. The molecule has 2 rings (SSSR count). The van der Waals surface area contributed by atoms with Crippen LogP contribution < -0.4 is 10.4 Å². The second-order valence-corrected chi connectivity index (χ2v) is 12.6. The Bertz CT molecular complexity index is 706. The van der Waals surface area contributed by atoms with Crippen molar-refractivity contribution in [2.75, 3.05) is 6.61 Å². The number of carbonyl (C=O) groups is 1. The van der Waals surface area contributed by atoms with Gasteiger partial charge in [-0.2, -0.15) is 0 Å². The molecule has 0 aliphatic rings. The molecule has 0 aliphatic carbocycles. The van der Waals surface area contributed by atoms with Gasteiger partial charge in [0.2, 0.25) is 0 Å². The smallest absolute Gasteiger partial charge is 0.261 e. The zero-order valence-electron chi connectivity index (χ0n) is 17.8. The molecular formula is C25H34O2Si. The van der Waals surface area contributed by atoms with Crippen molar-refractivity contribution in [3.63, 3.8) is 0 Å². The molecule has 0 aliphatic heterocycles. The van der Waals surface area contributed by atoms with E-state index in [1.807, 2.05) is 0 Å². The van der Waals surface area contributed by atoms with Crippen molar-refractivity contribution < 1.29 is 9.22 Å². The van der Waals surface area contributed by atoms with E-state index in [-0.39, 0.29) is 5.04 Å². The van der Waals surface area contributed by atoms with Gasteiger partial charge in [0.25, 0.3) is 8.32 Å². The number of hydrogen-bond donors (Lipinski definition) is 0. The minimum Gasteiger partial charge on any atom is -0.407 e. The van der Waals surface area contributed by atoms with Crippen LogP contribution in [-0.4, -0.2) is 21.2 Å². The Hall–Kier alpha value is -1.97. The average molecular weight is 395 g/mol. The topological polar surface area (TPSA) is 26.3 Å². The number of carbonyl (C=O) groups excluding carboxylic acids is 1. The van der Waals surface area contributed by atoms with Gasteiger partial charge in [0.1, 0.15) is 6.29 Å². The van der Waals surface area contributed by atoms with E-state index in [1.54, 1.807) is 0 Å². The first-order valence-corrected chi connectivity index (χ1v) is 12.2. The molecule has 0 amide bonds. The molecule has 3 heteroatoms. The van der Waals surface area contributed by atoms with E-state index < -0.39 is 8.32 Å². The number of rotatable bonds is 10. The molecule has 28 heavy (non-hydrogen) atoms. The molecule has 0 saturated heterocycles. The Kier molecular flexibility index (Phi) is 8.40. The monoisotopic (exact) mass is 394 g/mol. The Balaban J connectivity index is 2.28. The van der Waals surface area contributed by atoms with Crippen molar-refractivity contribution in [1.82, 2.24) is 0 Å². The molecule has 0 aromatic heterocycles. The Morgan fingerprint density at radius 3 is 1.89 bits per heavy atom. The Morgan fingerprint density at radius 2 is 1.46 bits per heavy atom. The largest absolute Gasteiger partial charge is 0.407 e. The molecule has 2 aromatic carbocycles. The molecule has 0 radical (unpaired) electrons. The fraction of sp³-hybridized carbons (Fsp3) is 0.400. The van der Waals surface area contributed by atoms with Gasteiger partial charge >= 0.3 is 0 Å². The van der Waals surface area contributed by atoms with Gasteiger partial charge in [-0.05, 0) is 41.6 Å². The summed E-state index contributed by atoms with van der Waals surface area (Å²) < 4.78 is 6.91. The van der Waals surface area contributed by atoms with Crippen molar-refractivity contribution in [2.45, 2.75) is 58.4 Å². The van der Waals surface area contributed by atoms with Crippen LogP contribution in [0.5, 0.6) is 0 Å². The van der Waals surface area contributed by atoms with E-state index in [2.05, 4.69) is 94.4 Å². The van der Waals surface area contributed by atoms with Gasteiger partial charge in [-0.15, -0.1) is 0 Å². The highest BCUT2D eigenvalue weighted by molar-refractivity contribution is 6.99. The molecule has 0 saturated carbocycles. The fourth-order valence-corrected chi connectivity index (χ4v) is 8.55. The van der Waals surface area contributed by atoms with Crippen LogP contribution in [0, 0.1) is 0 Å². The molecule has 0 bridgehead atoms. The van der Waals surface area contributed by atoms with Crippen LogP contribution in [0.25, 0.3) is 0 Å². The van der Waals surface area contributed by atoms with Gasteiger partial charge < -0.3 is 9.22 Å². The lowest BCUT2D eigenvalue weighted by Gasteiger charge is -2.43. The highest BCUT2D eigenvalue weighted by Crippen LogP contribution is 2.36. The minimum absolute atomic E-state index is 0.0106. The average Bonchev–Trinajstić information content (AvgIpc) is 2.70. The van der Waals surface area contributed by atoms with E-state index in [9.17, 15) is 4.79 Å². The maximum Gasteiger partial charge on any atom is 0.261 e. The first kappa shape index (κ1) is 22.3. The first-order valence-electron chi connectivity index (χ1n) is 10.3. The van der Waals surface area contributed by atoms with Crippen molar-refractivity contribution in [3.8, 4) is 0 Å². The molecule has 0 heterocycles. The lowest BCUT2D eigenvalue weighted by atomic mass is 10.1. The molecule has 0 unspecified atom stereocenters. The predicted molar refractivity (Wildman–Crippen MR) is 122 cm³/mol. The van der Waals surface area contributed by atoms with Crippen molar-refractivity contribution in [1.29, 1.82) is 0 Å². The van der Waals surface area contributed by atoms with Crippen LogP contribution in [0.15, 0.2) is 72.3 Å². The fourth-order valence-electron chi connectivity index (χ4n) is 3.94. The Labute approximate surface area is 171 Å². The molecular weight excluding hydrogens is 360 g/mol. The van der Waals surface area contributed by atoms with Gasteiger partial charge in [0.15, 0.2) is 0 Å². The van der Waals surface area contributed by atoms with E-state index in [0.717, 1.165) is 32.2 Å². The Morgan fingerprint density at radius 1 is 0.929 bits per heavy atom. The number of hydrogen-bond acceptors (Lipinski definition) is 2. The summed E-state index contributed by atoms with van der Waals surface area (Å²) in [4.78, 5) is 10.7. The maximum absolute atomic E-state index is 10.7. The second-order valence-electron chi connectivity index (χ2n) is 8.27. The van der Waals surface area contributed by atoms with Crippen LogP contribution in [0.4, 0.5) is 0 Å². The standard InChI is InChI=1S/C25H34O2Si/c1-5-22(14-12-20-26)15-13-21-27-28(25(2,3)4,23-16-8-6-9-17-23)24-18-10-7-11-19-24/h5-11,16-20H,12-15,21H2,1-4H3/b22-5-. The third-order valence-electron chi connectivity index (χ3n) is 5.37. The zero-order valence-corrected chi connectivity index (χ0v) is 18.8. The maximum atomic E-state index is 10.7. The van der Waals surface area contributed by atoms with Gasteiger partial charge in [-0.3, -0.25) is 0 Å². The highest BCUT2D eigenvalue weighted by Gasteiger charge is 2.49. The summed E-state index contributed by atoms with van der Waals surface area (Å²) in [6.45, 7) is 9.71. The van der Waals surface area contributed by atoms with Gasteiger partial charge in [0.05, 0.1) is 0 Å². The van der Waals surface area contributed by atoms with Crippen molar-refractivity contribution in [3.05, 3.63) is 72.3 Å². The van der Waals surface area contributed by atoms with Gasteiger partial charge in [0, 0.05) is 13.0 Å². The molecule has 2 nitrogen and oxygen atoms in total. The summed E-state index contributed by atoms with van der Waals surface area (Å²) in [6, 6.07) is 21.5.